The smallest absolute Gasteiger partial charge is 0.306 e. The summed E-state index contributed by atoms with van der Waals surface area (Å²) in [6.45, 7) is 6.11. The topological polar surface area (TPSA) is 95.9 Å². The molecule has 0 rings (SSSR count). The van der Waals surface area contributed by atoms with Gasteiger partial charge in [-0.2, -0.15) is 0 Å². The molecule has 0 saturated heterocycles. The average Bonchev–Trinajstić information content (AvgIpc) is 3.20. The van der Waals surface area contributed by atoms with Crippen LogP contribution >= 0.6 is 0 Å². The number of aliphatic hydroxyl groups is 2. The van der Waals surface area contributed by atoms with E-state index in [1.807, 2.05) is 103 Å². The van der Waals surface area contributed by atoms with Gasteiger partial charge in [-0.3, -0.25) is 9.59 Å². The number of carbonyl (C=O) groups excluding carboxylic acids is 2. The molecule has 0 aliphatic carbocycles. The Morgan fingerprint density at radius 2 is 0.982 bits per heavy atom. The van der Waals surface area contributed by atoms with Gasteiger partial charge in [-0.15, -0.1) is 0 Å². The molecule has 0 aromatic carbocycles. The number of hydrogen-bond donors (Lipinski definition) is 3. The fourth-order valence-corrected chi connectivity index (χ4v) is 5.94. The first-order valence-corrected chi connectivity index (χ1v) is 22.4. The van der Waals surface area contributed by atoms with Crippen molar-refractivity contribution in [3.05, 3.63) is 122 Å². The summed E-state index contributed by atoms with van der Waals surface area (Å²) in [6, 6.07) is -0.755. The molecule has 3 N–H and O–H groups in total. The fourth-order valence-electron chi connectivity index (χ4n) is 5.94. The normalized spacial score (nSPS) is 14.5. The second kappa shape index (κ2) is 43.4. The van der Waals surface area contributed by atoms with Crippen LogP contribution in [0.1, 0.15) is 162 Å². The summed E-state index contributed by atoms with van der Waals surface area (Å²) in [5.41, 5.74) is 0. The number of amides is 1. The van der Waals surface area contributed by atoms with Crippen molar-refractivity contribution in [2.24, 2.45) is 0 Å². The number of allylic oxidation sites excluding steroid dienone is 19. The third kappa shape index (κ3) is 38.9. The van der Waals surface area contributed by atoms with Crippen molar-refractivity contribution in [3.63, 3.8) is 0 Å². The summed E-state index contributed by atoms with van der Waals surface area (Å²) in [7, 11) is 0. The van der Waals surface area contributed by atoms with Gasteiger partial charge in [-0.05, 0) is 38.5 Å². The average molecular weight is 788 g/mol. The van der Waals surface area contributed by atoms with Crippen LogP contribution in [-0.2, 0) is 14.3 Å². The quantitative estimate of drug-likeness (QED) is 0.0331. The standard InChI is InChI=1S/C51H81NO5/c1-4-7-10-13-16-19-22-24-25-26-29-32-35-38-41-44-51(56)57-47(42-39-36-33-30-27-21-18-15-12-9-6-3)45-50(55)52-48(46-53)49(54)43-40-37-34-31-28-23-20-17-14-11-8-5-2/h7,9-10,12-13,15-16,18-19,21-22,24-27,29-30,33,36,39,47-49,53-54H,4-6,8,11,14,17,20,23,28,31-32,34-35,37-38,40-46H2,1-3H3,(H,52,55)/b10-7+,12-9+,16-13+,18-15+,22-19-,25-24-,27-21-,29-26+,33-30-,39-36+. The Hall–Kier alpha value is -3.74. The number of aliphatic hydroxyl groups excluding tert-OH is 2. The van der Waals surface area contributed by atoms with Crippen LogP contribution in [0.4, 0.5) is 0 Å². The molecule has 0 saturated carbocycles. The molecule has 6 heteroatoms. The lowest BCUT2D eigenvalue weighted by atomic mass is 10.0. The van der Waals surface area contributed by atoms with Crippen molar-refractivity contribution in [2.75, 3.05) is 6.61 Å². The van der Waals surface area contributed by atoms with Gasteiger partial charge >= 0.3 is 5.97 Å². The number of hydrogen-bond acceptors (Lipinski definition) is 5. The lowest BCUT2D eigenvalue weighted by Gasteiger charge is -2.24. The lowest BCUT2D eigenvalue weighted by molar-refractivity contribution is -0.150. The molecule has 57 heavy (non-hydrogen) atoms. The van der Waals surface area contributed by atoms with E-state index < -0.39 is 18.2 Å². The van der Waals surface area contributed by atoms with Gasteiger partial charge < -0.3 is 20.3 Å². The molecule has 0 aliphatic heterocycles. The Bertz CT molecular complexity index is 1250. The Kier molecular flexibility index (Phi) is 40.5. The van der Waals surface area contributed by atoms with Gasteiger partial charge in [0.15, 0.2) is 0 Å². The minimum atomic E-state index is -0.832. The Balaban J connectivity index is 4.83. The van der Waals surface area contributed by atoms with Crippen molar-refractivity contribution in [2.45, 2.75) is 180 Å². The van der Waals surface area contributed by atoms with Crippen LogP contribution in [0.2, 0.25) is 0 Å². The molecular formula is C51H81NO5. The fraction of sp³-hybridized carbons (Fsp3) is 0.569. The Labute approximate surface area is 349 Å². The van der Waals surface area contributed by atoms with E-state index in [9.17, 15) is 19.8 Å². The highest BCUT2D eigenvalue weighted by Gasteiger charge is 2.23. The molecule has 0 spiro atoms. The molecule has 0 fully saturated rings. The van der Waals surface area contributed by atoms with Gasteiger partial charge in [-0.1, -0.05) is 226 Å². The number of rotatable bonds is 37. The minimum Gasteiger partial charge on any atom is -0.461 e. The van der Waals surface area contributed by atoms with E-state index in [1.165, 1.54) is 57.8 Å². The Morgan fingerprint density at radius 1 is 0.544 bits per heavy atom. The van der Waals surface area contributed by atoms with Gasteiger partial charge in [0.05, 0.1) is 25.2 Å². The maximum absolute atomic E-state index is 13.1. The highest BCUT2D eigenvalue weighted by atomic mass is 16.5. The number of esters is 1. The number of unbranched alkanes of at least 4 members (excludes halogenated alkanes) is 14. The van der Waals surface area contributed by atoms with E-state index in [1.54, 1.807) is 0 Å². The molecule has 0 heterocycles. The first kappa shape index (κ1) is 53.3. The van der Waals surface area contributed by atoms with Crippen LogP contribution in [0.25, 0.3) is 0 Å². The zero-order chi connectivity index (χ0) is 41.7. The van der Waals surface area contributed by atoms with Gasteiger partial charge in [0.25, 0.3) is 0 Å². The van der Waals surface area contributed by atoms with E-state index in [-0.39, 0.29) is 24.9 Å². The van der Waals surface area contributed by atoms with Gasteiger partial charge in [0, 0.05) is 12.8 Å². The largest absolute Gasteiger partial charge is 0.461 e. The van der Waals surface area contributed by atoms with Crippen molar-refractivity contribution < 1.29 is 24.5 Å². The zero-order valence-electron chi connectivity index (χ0n) is 36.2. The van der Waals surface area contributed by atoms with E-state index in [0.717, 1.165) is 51.4 Å². The molecule has 0 aromatic rings. The monoisotopic (exact) mass is 788 g/mol. The van der Waals surface area contributed by atoms with Crippen molar-refractivity contribution >= 4 is 11.9 Å². The first-order valence-electron chi connectivity index (χ1n) is 22.4. The molecule has 0 radical (unpaired) electrons. The van der Waals surface area contributed by atoms with Crippen LogP contribution < -0.4 is 5.32 Å². The van der Waals surface area contributed by atoms with Crippen molar-refractivity contribution in [1.82, 2.24) is 5.32 Å². The molecule has 1 amide bonds. The van der Waals surface area contributed by atoms with E-state index >= 15 is 0 Å². The summed E-state index contributed by atoms with van der Waals surface area (Å²) >= 11 is 0. The lowest BCUT2D eigenvalue weighted by Crippen LogP contribution is -2.46. The molecule has 0 bridgehead atoms. The third-order valence-electron chi connectivity index (χ3n) is 9.29. The highest BCUT2D eigenvalue weighted by molar-refractivity contribution is 5.77. The zero-order valence-corrected chi connectivity index (χ0v) is 36.2. The summed E-state index contributed by atoms with van der Waals surface area (Å²) < 4.78 is 5.79. The maximum Gasteiger partial charge on any atom is 0.306 e. The second-order valence-electron chi connectivity index (χ2n) is 14.6. The molecule has 320 valence electrons. The predicted octanol–water partition coefficient (Wildman–Crippen LogP) is 12.9. The van der Waals surface area contributed by atoms with Crippen molar-refractivity contribution in [1.29, 1.82) is 0 Å². The van der Waals surface area contributed by atoms with Crippen LogP contribution in [-0.4, -0.2) is 46.9 Å². The number of carbonyl (C=O) groups is 2. The van der Waals surface area contributed by atoms with Crippen LogP contribution in [0.3, 0.4) is 0 Å². The maximum atomic E-state index is 13.1. The molecule has 0 aromatic heterocycles. The Morgan fingerprint density at radius 3 is 1.47 bits per heavy atom. The van der Waals surface area contributed by atoms with Gasteiger partial charge in [-0.25, -0.2) is 0 Å². The number of ether oxygens (including phenoxy) is 1. The minimum absolute atomic E-state index is 0.0444. The third-order valence-corrected chi connectivity index (χ3v) is 9.29. The molecular weight excluding hydrogens is 707 g/mol. The summed E-state index contributed by atoms with van der Waals surface area (Å²) in [5, 5.41) is 23.6. The highest BCUT2D eigenvalue weighted by Crippen LogP contribution is 2.15. The van der Waals surface area contributed by atoms with E-state index in [4.69, 9.17) is 4.74 Å². The molecule has 6 nitrogen and oxygen atoms in total. The molecule has 0 aliphatic rings. The van der Waals surface area contributed by atoms with Crippen LogP contribution in [0.15, 0.2) is 122 Å². The number of nitrogens with one attached hydrogen (secondary N) is 1. The molecule has 3 unspecified atom stereocenters. The van der Waals surface area contributed by atoms with E-state index in [2.05, 4.69) is 44.3 Å². The summed E-state index contributed by atoms with van der Waals surface area (Å²) in [6.07, 6.45) is 59.9. The first-order chi connectivity index (χ1) is 28.0. The van der Waals surface area contributed by atoms with Gasteiger partial charge in [0.1, 0.15) is 6.10 Å². The summed E-state index contributed by atoms with van der Waals surface area (Å²) in [5.74, 6) is -0.674. The summed E-state index contributed by atoms with van der Waals surface area (Å²) in [4.78, 5) is 25.9. The van der Waals surface area contributed by atoms with Crippen molar-refractivity contribution in [3.8, 4) is 0 Å². The SMILES string of the molecule is CC/C=C/C=C/C=C\C=C/C=C/CCCCCC(=O)OC(C/C=C/C=C\C=C/C=C/C=C/CC)CC(=O)NC(CO)C(O)CCCCCCCCCCCCCC. The molecule has 3 atom stereocenters. The van der Waals surface area contributed by atoms with Gasteiger partial charge in [0.2, 0.25) is 5.91 Å². The predicted molar refractivity (Wildman–Crippen MR) is 245 cm³/mol. The van der Waals surface area contributed by atoms with E-state index in [0.29, 0.717) is 25.7 Å². The van der Waals surface area contributed by atoms with Crippen LogP contribution in [0.5, 0.6) is 0 Å². The van der Waals surface area contributed by atoms with Crippen LogP contribution in [0, 0.1) is 0 Å². The second-order valence-corrected chi connectivity index (χ2v) is 14.6.